The molecular formula is C12H9NO4S2. The molecule has 7 heteroatoms. The van der Waals surface area contributed by atoms with Crippen LogP contribution in [-0.4, -0.2) is 22.0 Å². The van der Waals surface area contributed by atoms with Crippen molar-refractivity contribution in [2.24, 2.45) is 4.36 Å². The lowest BCUT2D eigenvalue weighted by Gasteiger charge is -1.98. The van der Waals surface area contributed by atoms with Crippen molar-refractivity contribution in [3.8, 4) is 0 Å². The minimum Gasteiger partial charge on any atom is -0.475 e. The second-order valence-corrected chi connectivity index (χ2v) is 6.67. The summed E-state index contributed by atoms with van der Waals surface area (Å²) in [5.41, 5.74) is 1.58. The molecule has 0 aromatic heterocycles. The Labute approximate surface area is 115 Å². The molecule has 1 aliphatic rings. The summed E-state index contributed by atoms with van der Waals surface area (Å²) in [6, 6.07) is 9.35. The van der Waals surface area contributed by atoms with E-state index in [1.807, 2.05) is 30.3 Å². The summed E-state index contributed by atoms with van der Waals surface area (Å²) in [5, 5.41) is 9.75. The van der Waals surface area contributed by atoms with E-state index >= 15 is 0 Å². The molecule has 1 atom stereocenters. The topological polar surface area (TPSA) is 83.8 Å². The van der Waals surface area contributed by atoms with E-state index < -0.39 is 33.0 Å². The average Bonchev–Trinajstić information content (AvgIpc) is 2.89. The Balaban J connectivity index is 2.08. The van der Waals surface area contributed by atoms with Gasteiger partial charge in [0.2, 0.25) is 10.9 Å². The van der Waals surface area contributed by atoms with Crippen molar-refractivity contribution in [3.63, 3.8) is 0 Å². The molecular weight excluding hydrogens is 286 g/mol. The molecule has 0 radical (unpaired) electrons. The number of carboxylic acids is 1. The highest BCUT2D eigenvalue weighted by molar-refractivity contribution is 8.76. The Morgan fingerprint density at radius 2 is 1.89 bits per heavy atom. The van der Waals surface area contributed by atoms with Gasteiger partial charge in [0, 0.05) is 20.7 Å². The summed E-state index contributed by atoms with van der Waals surface area (Å²) in [4.78, 5) is 33.1. The van der Waals surface area contributed by atoms with Crippen molar-refractivity contribution >= 4 is 43.1 Å². The van der Waals surface area contributed by atoms with Gasteiger partial charge in [-0.05, 0) is 10.8 Å². The van der Waals surface area contributed by atoms with Gasteiger partial charge in [-0.25, -0.2) is 9.16 Å². The normalized spacial score (nSPS) is 17.5. The highest BCUT2D eigenvalue weighted by atomic mass is 33.1. The lowest BCUT2D eigenvalue weighted by Crippen LogP contribution is -2.18. The van der Waals surface area contributed by atoms with Crippen LogP contribution in [0.2, 0.25) is 0 Å². The molecule has 98 valence electrons. The predicted octanol–water partition coefficient (Wildman–Crippen LogP) is 2.02. The van der Waals surface area contributed by atoms with Gasteiger partial charge < -0.3 is 5.11 Å². The maximum Gasteiger partial charge on any atom is 0.372 e. The van der Waals surface area contributed by atoms with Crippen LogP contribution in [0.3, 0.4) is 0 Å². The van der Waals surface area contributed by atoms with Crippen molar-refractivity contribution in [2.75, 3.05) is 0 Å². The van der Waals surface area contributed by atoms with Gasteiger partial charge in [0.05, 0.1) is 12.1 Å². The smallest absolute Gasteiger partial charge is 0.372 e. The highest BCUT2D eigenvalue weighted by Gasteiger charge is 2.22. The van der Waals surface area contributed by atoms with Crippen molar-refractivity contribution in [1.82, 2.24) is 0 Å². The maximum absolute atomic E-state index is 11.7. The molecule has 2 rings (SSSR count). The van der Waals surface area contributed by atoms with Crippen molar-refractivity contribution in [3.05, 3.63) is 41.3 Å². The van der Waals surface area contributed by atoms with Crippen LogP contribution in [0, 0.1) is 0 Å². The molecule has 0 aliphatic carbocycles. The molecule has 1 aromatic carbocycles. The first-order chi connectivity index (χ1) is 9.08. The van der Waals surface area contributed by atoms with Crippen molar-refractivity contribution in [2.45, 2.75) is 6.42 Å². The van der Waals surface area contributed by atoms with Gasteiger partial charge in [-0.3, -0.25) is 9.59 Å². The number of carbonyl (C=O) groups excluding carboxylic acids is 2. The third-order valence-corrected chi connectivity index (χ3v) is 5.25. The van der Waals surface area contributed by atoms with Crippen LogP contribution in [0.15, 0.2) is 40.1 Å². The zero-order valence-corrected chi connectivity index (χ0v) is 11.2. The van der Waals surface area contributed by atoms with Crippen LogP contribution in [0.25, 0.3) is 5.70 Å². The summed E-state index contributed by atoms with van der Waals surface area (Å²) < 4.78 is 4.23. The van der Waals surface area contributed by atoms with Gasteiger partial charge in [0.15, 0.2) is 0 Å². The Bertz CT molecular complexity index is 607. The molecule has 0 bridgehead atoms. The minimum atomic E-state index is -1.59. The standard InChI is InChI=1S/C12H9NO4S2/c14-10(12(16)17)6-11(15)19-13-9(7-18-19)8-4-2-1-3-5-8/h1-5,7H,6H2,(H,16,17). The van der Waals surface area contributed by atoms with Crippen LogP contribution in [0.1, 0.15) is 12.0 Å². The first-order valence-corrected chi connectivity index (χ1v) is 7.83. The summed E-state index contributed by atoms with van der Waals surface area (Å²) in [6.45, 7) is 0. The summed E-state index contributed by atoms with van der Waals surface area (Å²) in [7, 11) is 0.198. The molecule has 0 saturated carbocycles. The number of carboxylic acid groups (broad SMARTS) is 1. The van der Waals surface area contributed by atoms with E-state index in [1.54, 1.807) is 5.41 Å². The third-order valence-electron chi connectivity index (χ3n) is 2.24. The van der Waals surface area contributed by atoms with Gasteiger partial charge in [0.1, 0.15) is 0 Å². The number of hydrogen-bond donors (Lipinski definition) is 1. The number of hydrogen-bond acceptors (Lipinski definition) is 5. The van der Waals surface area contributed by atoms with E-state index in [2.05, 4.69) is 4.36 Å². The van der Waals surface area contributed by atoms with Crippen LogP contribution in [-0.2, 0) is 24.1 Å². The second-order valence-electron chi connectivity index (χ2n) is 3.58. The van der Waals surface area contributed by atoms with E-state index in [9.17, 15) is 14.4 Å². The molecule has 1 unspecified atom stereocenters. The van der Waals surface area contributed by atoms with E-state index in [-0.39, 0.29) is 0 Å². The van der Waals surface area contributed by atoms with Crippen molar-refractivity contribution < 1.29 is 19.5 Å². The van der Waals surface area contributed by atoms with Crippen LogP contribution < -0.4 is 0 Å². The fourth-order valence-corrected chi connectivity index (χ4v) is 4.02. The number of aliphatic carboxylic acids is 1. The van der Waals surface area contributed by atoms with E-state index in [1.165, 1.54) is 10.8 Å². The van der Waals surface area contributed by atoms with E-state index in [0.29, 0.717) is 5.70 Å². The van der Waals surface area contributed by atoms with Crippen molar-refractivity contribution in [1.29, 1.82) is 0 Å². The number of rotatable bonds is 4. The van der Waals surface area contributed by atoms with Gasteiger partial charge >= 0.3 is 5.97 Å². The summed E-state index contributed by atoms with van der Waals surface area (Å²) in [6.07, 6.45) is -0.606. The maximum atomic E-state index is 11.7. The molecule has 1 aromatic rings. The Hall–Kier alpha value is -1.73. The Morgan fingerprint density at radius 3 is 2.53 bits per heavy atom. The molecule has 0 amide bonds. The van der Waals surface area contributed by atoms with Crippen LogP contribution >= 0.6 is 10.8 Å². The minimum absolute atomic E-state index is 0.459. The van der Waals surface area contributed by atoms with Gasteiger partial charge in [-0.1, -0.05) is 30.3 Å². The Kier molecular flexibility index (Phi) is 4.28. The third kappa shape index (κ3) is 3.39. The molecule has 1 heterocycles. The largest absolute Gasteiger partial charge is 0.475 e. The molecule has 5 nitrogen and oxygen atoms in total. The molecule has 0 spiro atoms. The monoisotopic (exact) mass is 295 g/mol. The van der Waals surface area contributed by atoms with Gasteiger partial charge in [-0.15, -0.1) is 0 Å². The summed E-state index contributed by atoms with van der Waals surface area (Å²) >= 11 is 0. The fourth-order valence-electron chi connectivity index (χ4n) is 1.33. The molecule has 0 saturated heterocycles. The Morgan fingerprint density at radius 1 is 1.21 bits per heavy atom. The zero-order chi connectivity index (χ0) is 13.8. The average molecular weight is 295 g/mol. The molecule has 1 aliphatic heterocycles. The molecule has 0 fully saturated rings. The second kappa shape index (κ2) is 5.94. The molecule has 19 heavy (non-hydrogen) atoms. The number of ketones is 1. The number of Topliss-reactive ketones (excluding diaryl/α,β-unsaturated/α-hetero) is 1. The lowest BCUT2D eigenvalue weighted by atomic mass is 10.2. The predicted molar refractivity (Wildman–Crippen MR) is 74.1 cm³/mol. The van der Waals surface area contributed by atoms with E-state index in [0.717, 1.165) is 5.56 Å². The highest BCUT2D eigenvalue weighted by Crippen LogP contribution is 2.32. The SMILES string of the molecule is O=C(O)C(=O)CC(=O)S1=NC(c2ccccc2)=CS1. The fraction of sp³-hybridized carbons (Fsp3) is 0.0833. The number of carbonyl (C=O) groups is 3. The number of nitrogens with zero attached hydrogens (tertiary/aromatic N) is 1. The van der Waals surface area contributed by atoms with Crippen LogP contribution in [0.4, 0.5) is 0 Å². The van der Waals surface area contributed by atoms with Gasteiger partial charge in [-0.2, -0.15) is 0 Å². The lowest BCUT2D eigenvalue weighted by molar-refractivity contribution is -0.149. The zero-order valence-electron chi connectivity index (χ0n) is 9.61. The van der Waals surface area contributed by atoms with Crippen LogP contribution in [0.5, 0.6) is 0 Å². The summed E-state index contributed by atoms with van der Waals surface area (Å²) in [5.74, 6) is -2.68. The first kappa shape index (κ1) is 13.7. The van der Waals surface area contributed by atoms with E-state index in [4.69, 9.17) is 5.11 Å². The van der Waals surface area contributed by atoms with Gasteiger partial charge in [0.25, 0.3) is 0 Å². The first-order valence-electron chi connectivity index (χ1n) is 5.26. The quantitative estimate of drug-likeness (QED) is 0.522. The molecule has 1 N–H and O–H groups in total. The number of benzene rings is 1.